The maximum atomic E-state index is 6.07. The first-order valence-electron chi connectivity index (χ1n) is 6.62. The smallest absolute Gasteiger partial charge is 0.128 e. The average Bonchev–Trinajstić information content (AvgIpc) is 2.76. The Bertz CT molecular complexity index is 565. The summed E-state index contributed by atoms with van der Waals surface area (Å²) in [5.74, 6) is 0.674. The Labute approximate surface area is 108 Å². The molecule has 0 spiro atoms. The zero-order valence-electron chi connectivity index (χ0n) is 10.8. The van der Waals surface area contributed by atoms with E-state index in [9.17, 15) is 0 Å². The van der Waals surface area contributed by atoms with E-state index in [2.05, 4.69) is 28.9 Å². The Balaban J connectivity index is 1.93. The third kappa shape index (κ3) is 2.06. The summed E-state index contributed by atoms with van der Waals surface area (Å²) in [5, 5.41) is 1.17. The minimum absolute atomic E-state index is 0.663. The summed E-state index contributed by atoms with van der Waals surface area (Å²) >= 11 is 0. The van der Waals surface area contributed by atoms with Crippen molar-refractivity contribution in [3.8, 4) is 0 Å². The maximum absolute atomic E-state index is 6.07. The SMILES string of the molecule is CC1CCCN1Cc1cc2ccccc2nc1N. The van der Waals surface area contributed by atoms with Gasteiger partial charge in [-0.2, -0.15) is 0 Å². The van der Waals surface area contributed by atoms with Gasteiger partial charge in [-0.25, -0.2) is 4.98 Å². The fourth-order valence-corrected chi connectivity index (χ4v) is 2.75. The second-order valence-corrected chi connectivity index (χ2v) is 5.19. The van der Waals surface area contributed by atoms with E-state index in [1.807, 2.05) is 18.2 Å². The summed E-state index contributed by atoms with van der Waals surface area (Å²) < 4.78 is 0. The first kappa shape index (κ1) is 11.5. The largest absolute Gasteiger partial charge is 0.383 e. The number of likely N-dealkylation sites (tertiary alicyclic amines) is 1. The number of hydrogen-bond acceptors (Lipinski definition) is 3. The van der Waals surface area contributed by atoms with E-state index >= 15 is 0 Å². The molecule has 2 aromatic rings. The van der Waals surface area contributed by atoms with Crippen molar-refractivity contribution in [1.82, 2.24) is 9.88 Å². The lowest BCUT2D eigenvalue weighted by Crippen LogP contribution is -2.26. The van der Waals surface area contributed by atoms with Gasteiger partial charge in [0, 0.05) is 23.5 Å². The van der Waals surface area contributed by atoms with Gasteiger partial charge in [0.2, 0.25) is 0 Å². The number of fused-ring (bicyclic) bond motifs is 1. The van der Waals surface area contributed by atoms with Gasteiger partial charge >= 0.3 is 0 Å². The van der Waals surface area contributed by atoms with Gasteiger partial charge in [-0.3, -0.25) is 4.90 Å². The number of aromatic nitrogens is 1. The normalized spacial score (nSPS) is 20.6. The van der Waals surface area contributed by atoms with Crippen LogP contribution in [0.2, 0.25) is 0 Å². The highest BCUT2D eigenvalue weighted by molar-refractivity contribution is 5.81. The summed E-state index contributed by atoms with van der Waals surface area (Å²) in [4.78, 5) is 6.98. The van der Waals surface area contributed by atoms with Crippen LogP contribution in [0.25, 0.3) is 10.9 Å². The topological polar surface area (TPSA) is 42.2 Å². The Morgan fingerprint density at radius 1 is 1.39 bits per heavy atom. The van der Waals surface area contributed by atoms with E-state index in [1.54, 1.807) is 0 Å². The summed E-state index contributed by atoms with van der Waals surface area (Å²) in [5.41, 5.74) is 8.21. The molecule has 1 aliphatic rings. The minimum atomic E-state index is 0.663. The van der Waals surface area contributed by atoms with Crippen molar-refractivity contribution in [1.29, 1.82) is 0 Å². The molecule has 1 atom stereocenters. The summed E-state index contributed by atoms with van der Waals surface area (Å²) in [6, 6.07) is 11.0. The minimum Gasteiger partial charge on any atom is -0.383 e. The van der Waals surface area contributed by atoms with Crippen molar-refractivity contribution >= 4 is 16.7 Å². The van der Waals surface area contributed by atoms with Crippen LogP contribution in [-0.2, 0) is 6.54 Å². The molecule has 3 nitrogen and oxygen atoms in total. The van der Waals surface area contributed by atoms with Gasteiger partial charge < -0.3 is 5.73 Å². The molecule has 0 radical (unpaired) electrons. The standard InChI is InChI=1S/C15H19N3/c1-11-5-4-8-18(11)10-13-9-12-6-2-3-7-14(12)17-15(13)16/h2-3,6-7,9,11H,4-5,8,10H2,1H3,(H2,16,17). The number of rotatable bonds is 2. The predicted molar refractivity (Wildman–Crippen MR) is 75.3 cm³/mol. The lowest BCUT2D eigenvalue weighted by Gasteiger charge is -2.21. The number of hydrogen-bond donors (Lipinski definition) is 1. The van der Waals surface area contributed by atoms with Gasteiger partial charge in [0.25, 0.3) is 0 Å². The molecule has 1 fully saturated rings. The van der Waals surface area contributed by atoms with Crippen molar-refractivity contribution in [3.63, 3.8) is 0 Å². The Kier molecular flexibility index (Phi) is 2.92. The summed E-state index contributed by atoms with van der Waals surface area (Å²) in [6.07, 6.45) is 2.59. The third-order valence-corrected chi connectivity index (χ3v) is 3.90. The zero-order valence-corrected chi connectivity index (χ0v) is 10.8. The molecule has 1 unspecified atom stereocenters. The second-order valence-electron chi connectivity index (χ2n) is 5.19. The molecular weight excluding hydrogens is 222 g/mol. The Morgan fingerprint density at radius 3 is 3.00 bits per heavy atom. The van der Waals surface area contributed by atoms with Gasteiger partial charge in [0.15, 0.2) is 0 Å². The summed E-state index contributed by atoms with van der Waals surface area (Å²) in [6.45, 7) is 4.38. The Hall–Kier alpha value is -1.61. The highest BCUT2D eigenvalue weighted by Crippen LogP contribution is 2.24. The molecule has 94 valence electrons. The van der Waals surface area contributed by atoms with E-state index in [0.29, 0.717) is 11.9 Å². The fourth-order valence-electron chi connectivity index (χ4n) is 2.75. The van der Waals surface area contributed by atoms with E-state index in [4.69, 9.17) is 5.73 Å². The van der Waals surface area contributed by atoms with Gasteiger partial charge in [0.05, 0.1) is 5.52 Å². The zero-order chi connectivity index (χ0) is 12.5. The highest BCUT2D eigenvalue weighted by Gasteiger charge is 2.21. The molecule has 3 rings (SSSR count). The molecular formula is C15H19N3. The molecule has 2 N–H and O–H groups in total. The average molecular weight is 241 g/mol. The number of para-hydroxylation sites is 1. The monoisotopic (exact) mass is 241 g/mol. The lowest BCUT2D eigenvalue weighted by atomic mass is 10.1. The van der Waals surface area contributed by atoms with Crippen molar-refractivity contribution in [2.45, 2.75) is 32.4 Å². The molecule has 1 aliphatic heterocycles. The quantitative estimate of drug-likeness (QED) is 0.879. The number of pyridine rings is 1. The number of nitrogens with zero attached hydrogens (tertiary/aromatic N) is 2. The Morgan fingerprint density at radius 2 is 2.22 bits per heavy atom. The molecule has 0 bridgehead atoms. The maximum Gasteiger partial charge on any atom is 0.128 e. The molecule has 1 aromatic carbocycles. The van der Waals surface area contributed by atoms with Crippen LogP contribution >= 0.6 is 0 Å². The molecule has 1 saturated heterocycles. The van der Waals surface area contributed by atoms with Crippen LogP contribution < -0.4 is 5.73 Å². The highest BCUT2D eigenvalue weighted by atomic mass is 15.2. The fraction of sp³-hybridized carbons (Fsp3) is 0.400. The molecule has 3 heteroatoms. The van der Waals surface area contributed by atoms with Crippen LogP contribution in [0.4, 0.5) is 5.82 Å². The van der Waals surface area contributed by atoms with Crippen LogP contribution in [0.15, 0.2) is 30.3 Å². The van der Waals surface area contributed by atoms with E-state index in [1.165, 1.54) is 24.8 Å². The van der Waals surface area contributed by atoms with Crippen molar-refractivity contribution in [2.24, 2.45) is 0 Å². The number of benzene rings is 1. The first-order valence-corrected chi connectivity index (χ1v) is 6.62. The van der Waals surface area contributed by atoms with Crippen molar-refractivity contribution in [2.75, 3.05) is 12.3 Å². The second kappa shape index (κ2) is 4.58. The van der Waals surface area contributed by atoms with Crippen LogP contribution in [0.1, 0.15) is 25.3 Å². The van der Waals surface area contributed by atoms with E-state index in [0.717, 1.165) is 17.6 Å². The van der Waals surface area contributed by atoms with E-state index in [-0.39, 0.29) is 0 Å². The van der Waals surface area contributed by atoms with Gasteiger partial charge in [-0.05, 0) is 38.4 Å². The van der Waals surface area contributed by atoms with Gasteiger partial charge in [-0.15, -0.1) is 0 Å². The molecule has 1 aromatic heterocycles. The van der Waals surface area contributed by atoms with Crippen LogP contribution in [0.5, 0.6) is 0 Å². The molecule has 18 heavy (non-hydrogen) atoms. The molecule has 0 aliphatic carbocycles. The van der Waals surface area contributed by atoms with E-state index < -0.39 is 0 Å². The van der Waals surface area contributed by atoms with Crippen LogP contribution in [-0.4, -0.2) is 22.5 Å². The van der Waals surface area contributed by atoms with Crippen molar-refractivity contribution in [3.05, 3.63) is 35.9 Å². The summed E-state index contributed by atoms with van der Waals surface area (Å²) in [7, 11) is 0. The number of nitrogens with two attached hydrogens (primary N) is 1. The predicted octanol–water partition coefficient (Wildman–Crippen LogP) is 2.80. The molecule has 0 saturated carbocycles. The van der Waals surface area contributed by atoms with Crippen molar-refractivity contribution < 1.29 is 0 Å². The van der Waals surface area contributed by atoms with Crippen LogP contribution in [0.3, 0.4) is 0 Å². The van der Waals surface area contributed by atoms with Crippen LogP contribution in [0, 0.1) is 0 Å². The lowest BCUT2D eigenvalue weighted by molar-refractivity contribution is 0.261. The number of anilines is 1. The molecule has 2 heterocycles. The molecule has 0 amide bonds. The third-order valence-electron chi connectivity index (χ3n) is 3.90. The first-order chi connectivity index (χ1) is 8.74. The number of nitrogen functional groups attached to an aromatic ring is 1. The van der Waals surface area contributed by atoms with Gasteiger partial charge in [0.1, 0.15) is 5.82 Å². The van der Waals surface area contributed by atoms with Gasteiger partial charge in [-0.1, -0.05) is 18.2 Å².